The normalized spacial score (nSPS) is 15.9. The number of hydrogen-bond acceptors (Lipinski definition) is 16. The van der Waals surface area contributed by atoms with Crippen LogP contribution >= 0.6 is 0 Å². The Bertz CT molecular complexity index is 3200. The summed E-state index contributed by atoms with van der Waals surface area (Å²) in [6.45, 7) is 26.8. The molecular formula is C79H130N12O16. The second-order valence-corrected chi connectivity index (χ2v) is 31.3. The smallest absolute Gasteiger partial charge is 0.248 e. The van der Waals surface area contributed by atoms with Crippen LogP contribution in [0.2, 0.25) is 0 Å². The largest absolute Gasteiger partial charge is 0.393 e. The van der Waals surface area contributed by atoms with Crippen LogP contribution in [-0.2, 0) is 79.8 Å². The van der Waals surface area contributed by atoms with Gasteiger partial charge in [0.15, 0.2) is 0 Å². The van der Waals surface area contributed by atoms with Crippen molar-refractivity contribution >= 4 is 70.9 Å². The van der Waals surface area contributed by atoms with Gasteiger partial charge in [-0.1, -0.05) is 129 Å². The summed E-state index contributed by atoms with van der Waals surface area (Å²) >= 11 is 0. The van der Waals surface area contributed by atoms with E-state index in [0.29, 0.717) is 37.1 Å². The van der Waals surface area contributed by atoms with E-state index in [1.165, 1.54) is 68.7 Å². The zero-order valence-corrected chi connectivity index (χ0v) is 67.8. The van der Waals surface area contributed by atoms with E-state index in [2.05, 4.69) is 26.6 Å². The quantitative estimate of drug-likeness (QED) is 0.0460. The summed E-state index contributed by atoms with van der Waals surface area (Å²) in [5.41, 5.74) is 0.513. The van der Waals surface area contributed by atoms with Crippen LogP contribution < -0.4 is 26.6 Å². The summed E-state index contributed by atoms with van der Waals surface area (Å²) in [6, 6.07) is 5.12. The molecule has 0 saturated carbocycles. The highest BCUT2D eigenvalue weighted by Crippen LogP contribution is 2.23. The minimum absolute atomic E-state index is 0.00435. The van der Waals surface area contributed by atoms with Gasteiger partial charge < -0.3 is 80.6 Å². The van der Waals surface area contributed by atoms with Crippen molar-refractivity contribution in [2.45, 2.75) is 253 Å². The fraction of sp³-hybridized carbons (Fsp3) is 0.696. The topological polar surface area (TPSA) is 347 Å². The van der Waals surface area contributed by atoms with Crippen molar-refractivity contribution in [1.82, 2.24) is 60.9 Å². The molecule has 1 aliphatic heterocycles. The minimum atomic E-state index is -1.70. The number of carbonyl (C=O) groups is 12. The Balaban J connectivity index is 2.03. The number of amides is 12. The molecule has 0 aliphatic carbocycles. The van der Waals surface area contributed by atoms with Crippen molar-refractivity contribution in [3.8, 4) is 0 Å². The van der Waals surface area contributed by atoms with Crippen molar-refractivity contribution in [3.05, 3.63) is 71.8 Å². The maximum Gasteiger partial charge on any atom is 0.248 e. The van der Waals surface area contributed by atoms with Crippen LogP contribution in [0.15, 0.2) is 60.7 Å². The zero-order chi connectivity index (χ0) is 80.9. The standard InChI is InChI=1S/C79H130N12O16/c1-22-23-38-91(78(105)67(55(12)93)84-71(98)62(43-50(4)5)85(17)74(101)59(47-106-41-37-53(10)92)82-70(97)63(44-57-33-27-24-28-34-57)87(19)77(104)66(51(6)7)81-56(13)94)46-65(95)89(21)68(52(8)9)72(99)83-60(48-107-79(14,15)16)75(102)88(20)64(45-58-35-29-25-30-36-58)76(103)86(18)61(42-49(2)3)69(96)80-54(11)73(100)90-39-31-26-32-40-90/h24-25,27-30,33-36,49-55,59-64,66-68,92-93H,22-23,26,31-32,37-48H2,1-21H3,(H,80,96)(H,81,94)(H,82,97)(H,83,99)(H,84,98)/t53-,54+,55-,59+,60+,61+,62+,63+,64+,66-,67+,68+/m1/s1. The molecule has 2 aromatic carbocycles. The number of aliphatic hydroxyl groups excluding tert-OH is 2. The molecule has 7 N–H and O–H groups in total. The zero-order valence-electron chi connectivity index (χ0n) is 67.8. The highest BCUT2D eigenvalue weighted by molar-refractivity contribution is 5.99. The van der Waals surface area contributed by atoms with Gasteiger partial charge in [0.2, 0.25) is 70.9 Å². The monoisotopic (exact) mass is 1500 g/mol. The van der Waals surface area contributed by atoms with E-state index in [1.807, 2.05) is 26.8 Å². The molecule has 28 heteroatoms. The molecule has 3 rings (SSSR count). The predicted octanol–water partition coefficient (Wildman–Crippen LogP) is 4.10. The Morgan fingerprint density at radius 1 is 0.523 bits per heavy atom. The van der Waals surface area contributed by atoms with E-state index in [-0.39, 0.29) is 75.5 Å². The van der Waals surface area contributed by atoms with E-state index < -0.39 is 162 Å². The van der Waals surface area contributed by atoms with E-state index in [0.717, 1.165) is 29.1 Å². The Morgan fingerprint density at radius 3 is 1.46 bits per heavy atom. The van der Waals surface area contributed by atoms with Crippen molar-refractivity contribution in [1.29, 1.82) is 0 Å². The van der Waals surface area contributed by atoms with Crippen LogP contribution in [-0.4, -0.2) is 275 Å². The van der Waals surface area contributed by atoms with Gasteiger partial charge in [0.25, 0.3) is 0 Å². The molecule has 1 heterocycles. The molecule has 1 aliphatic rings. The molecular weight excluding hydrogens is 1370 g/mol. The number of hydrogen-bond donors (Lipinski definition) is 7. The highest BCUT2D eigenvalue weighted by atomic mass is 16.5. The maximum atomic E-state index is 15.3. The third-order valence-electron chi connectivity index (χ3n) is 19.1. The van der Waals surface area contributed by atoms with Crippen LogP contribution in [0.3, 0.4) is 0 Å². The molecule has 2 aromatic rings. The molecule has 0 aromatic heterocycles. The molecule has 107 heavy (non-hydrogen) atoms. The number of carbonyl (C=O) groups excluding carboxylic acids is 12. The molecule has 0 bridgehead atoms. The number of benzene rings is 2. The van der Waals surface area contributed by atoms with Gasteiger partial charge in [-0.2, -0.15) is 0 Å². The van der Waals surface area contributed by atoms with Crippen molar-refractivity contribution in [2.75, 3.05) is 81.2 Å². The van der Waals surface area contributed by atoms with Crippen molar-refractivity contribution < 1.29 is 77.2 Å². The molecule has 12 amide bonds. The molecule has 0 radical (unpaired) electrons. The molecule has 12 atom stereocenters. The summed E-state index contributed by atoms with van der Waals surface area (Å²) in [4.78, 5) is 183. The Hall–Kier alpha value is -8.08. The van der Waals surface area contributed by atoms with E-state index >= 15 is 24.0 Å². The lowest BCUT2D eigenvalue weighted by atomic mass is 9.98. The number of rotatable bonds is 43. The second kappa shape index (κ2) is 45.0. The lowest BCUT2D eigenvalue weighted by Gasteiger charge is -2.38. The summed E-state index contributed by atoms with van der Waals surface area (Å²) in [5.74, 6) is -9.26. The molecule has 0 unspecified atom stereocenters. The number of aliphatic hydroxyl groups is 2. The number of ether oxygens (including phenoxy) is 2. The Labute approximate surface area is 636 Å². The van der Waals surface area contributed by atoms with Crippen molar-refractivity contribution in [2.24, 2.45) is 23.7 Å². The van der Waals surface area contributed by atoms with Gasteiger partial charge >= 0.3 is 0 Å². The number of piperidine rings is 1. The summed E-state index contributed by atoms with van der Waals surface area (Å²) in [6.07, 6.45) is 1.66. The van der Waals surface area contributed by atoms with Crippen LogP contribution in [0.4, 0.5) is 0 Å². The lowest BCUT2D eigenvalue weighted by molar-refractivity contribution is -0.152. The first-order valence-electron chi connectivity index (χ1n) is 38.1. The van der Waals surface area contributed by atoms with Gasteiger partial charge in [0, 0.05) is 81.2 Å². The molecule has 602 valence electrons. The second-order valence-electron chi connectivity index (χ2n) is 31.3. The van der Waals surface area contributed by atoms with Crippen LogP contribution in [0.5, 0.6) is 0 Å². The van der Waals surface area contributed by atoms with Crippen LogP contribution in [0.25, 0.3) is 0 Å². The number of likely N-dealkylation sites (N-methyl/N-ethyl adjacent to an activating group) is 5. The van der Waals surface area contributed by atoms with E-state index in [1.54, 1.807) is 136 Å². The van der Waals surface area contributed by atoms with Crippen LogP contribution in [0, 0.1) is 23.7 Å². The van der Waals surface area contributed by atoms with Gasteiger partial charge in [-0.25, -0.2) is 0 Å². The SMILES string of the molecule is CCCCN(CC(=O)N(C)[C@H](C(=O)N[C@@H](COC(C)(C)C)C(=O)N(C)[C@@H](Cc1ccccc1)C(=O)N(C)[C@@H](CC(C)C)C(=O)N[C@@H](C)C(=O)N1CCCCC1)C(C)C)C(=O)[C@@H](NC(=O)[C@H](CC(C)C)N(C)C(=O)[C@H](COCC[C@@H](C)O)NC(=O)[C@H](Cc1ccccc1)N(C)C(=O)[C@H](NC(C)=O)C(C)C)[C@@H](C)O. The Kier molecular flexibility index (Phi) is 39.2. The van der Waals surface area contributed by atoms with Gasteiger partial charge in [-0.05, 0) is 121 Å². The maximum absolute atomic E-state index is 15.3. The average molecular weight is 1500 g/mol. The first kappa shape index (κ1) is 93.1. The number of likely N-dealkylation sites (tertiary alicyclic amines) is 1. The van der Waals surface area contributed by atoms with Gasteiger partial charge in [0.05, 0.1) is 37.6 Å². The number of nitrogens with zero attached hydrogens (tertiary/aromatic N) is 7. The molecule has 1 fully saturated rings. The van der Waals surface area contributed by atoms with Gasteiger partial charge in [-0.15, -0.1) is 0 Å². The highest BCUT2D eigenvalue weighted by Gasteiger charge is 2.44. The van der Waals surface area contributed by atoms with Gasteiger partial charge in [0.1, 0.15) is 60.4 Å². The van der Waals surface area contributed by atoms with Crippen LogP contribution in [0.1, 0.15) is 173 Å². The van der Waals surface area contributed by atoms with E-state index in [9.17, 15) is 43.8 Å². The van der Waals surface area contributed by atoms with Gasteiger partial charge in [-0.3, -0.25) is 57.5 Å². The van der Waals surface area contributed by atoms with E-state index in [4.69, 9.17) is 9.47 Å². The molecule has 0 spiro atoms. The first-order chi connectivity index (χ1) is 50.0. The number of unbranched alkanes of at least 4 members (excludes halogenated alkanes) is 1. The average Bonchev–Trinajstić information content (AvgIpc) is 0.819. The lowest BCUT2D eigenvalue weighted by Crippen LogP contribution is -2.62. The third kappa shape index (κ3) is 30.1. The summed E-state index contributed by atoms with van der Waals surface area (Å²) in [7, 11) is 7.09. The molecule has 28 nitrogen and oxygen atoms in total. The summed E-state index contributed by atoms with van der Waals surface area (Å²) < 4.78 is 12.1. The fourth-order valence-electron chi connectivity index (χ4n) is 12.8. The third-order valence-corrected chi connectivity index (χ3v) is 19.1. The summed E-state index contributed by atoms with van der Waals surface area (Å²) in [5, 5.41) is 35.4. The van der Waals surface area contributed by atoms with Crippen molar-refractivity contribution in [3.63, 3.8) is 0 Å². The number of nitrogens with one attached hydrogen (secondary N) is 5. The fourth-order valence-corrected chi connectivity index (χ4v) is 12.8. The molecule has 1 saturated heterocycles. The minimum Gasteiger partial charge on any atom is -0.393 e. The Morgan fingerprint density at radius 2 is 0.991 bits per heavy atom. The predicted molar refractivity (Wildman–Crippen MR) is 409 cm³/mol. The first-order valence-corrected chi connectivity index (χ1v) is 38.1.